The molecule has 0 bridgehead atoms. The number of hydrogen-bond donors (Lipinski definition) is 0. The van der Waals surface area contributed by atoms with Crippen LogP contribution in [0.2, 0.25) is 0 Å². The van der Waals surface area contributed by atoms with Crippen molar-refractivity contribution in [2.45, 2.75) is 42.5 Å². The van der Waals surface area contributed by atoms with Crippen LogP contribution in [0.1, 0.15) is 58.3 Å². The van der Waals surface area contributed by atoms with E-state index in [0.29, 0.717) is 22.9 Å². The van der Waals surface area contributed by atoms with E-state index in [1.54, 1.807) is 25.4 Å². The molecular weight excluding hydrogens is 560 g/mol. The lowest BCUT2D eigenvalue weighted by atomic mass is 9.90. The van der Waals surface area contributed by atoms with Gasteiger partial charge in [-0.25, -0.2) is 13.1 Å². The molecule has 2 aliphatic heterocycles. The summed E-state index contributed by atoms with van der Waals surface area (Å²) in [5.74, 6) is 1.36. The average Bonchev–Trinajstić information content (AvgIpc) is 3.70. The fourth-order valence-corrected chi connectivity index (χ4v) is 7.05. The lowest BCUT2D eigenvalue weighted by Crippen LogP contribution is -2.34. The third kappa shape index (κ3) is 6.38. The number of nitrogens with zero attached hydrogens (tertiary/aromatic N) is 4. The van der Waals surface area contributed by atoms with E-state index in [1.165, 1.54) is 11.8 Å². The molecule has 0 unspecified atom stereocenters. The van der Waals surface area contributed by atoms with E-state index < -0.39 is 9.84 Å². The minimum Gasteiger partial charge on any atom is -0.497 e. The zero-order valence-electron chi connectivity index (χ0n) is 24.7. The number of aromatic nitrogens is 2. The molecule has 0 saturated carbocycles. The predicted molar refractivity (Wildman–Crippen MR) is 167 cm³/mol. The number of hydrogen-bond acceptors (Lipinski definition) is 6. The predicted octanol–water partition coefficient (Wildman–Crippen LogP) is 5.29. The third-order valence-corrected chi connectivity index (χ3v) is 9.96. The molecule has 4 aromatic rings. The normalized spacial score (nSPS) is 18.2. The summed E-state index contributed by atoms with van der Waals surface area (Å²) in [7, 11) is -1.56. The third-order valence-electron chi connectivity index (χ3n) is 8.83. The van der Waals surface area contributed by atoms with Gasteiger partial charge >= 0.3 is 0 Å². The standard InChI is InChI=1S/C34H38N4O4S/c1-42-30-12-10-29(11-13-30)38-33(27-16-19-36(20-17-27)23-25-8-14-31(15-9-25)43(2,40)41)32(22-35-38)34(39)37-21-18-28(24-37)26-6-4-3-5-7-26/h3-15,22,27-28H,16-21,23-24H2,1-2H3/t28-/m0/s1. The van der Waals surface area contributed by atoms with Crippen molar-refractivity contribution in [3.05, 3.63) is 107 Å². The van der Waals surface area contributed by atoms with Crippen LogP contribution in [0.5, 0.6) is 5.75 Å². The van der Waals surface area contributed by atoms with Crippen LogP contribution in [0.15, 0.2) is 90.0 Å². The zero-order chi connectivity index (χ0) is 30.0. The first-order valence-electron chi connectivity index (χ1n) is 14.9. The van der Waals surface area contributed by atoms with E-state index in [9.17, 15) is 13.2 Å². The molecular formula is C34H38N4O4S. The minimum atomic E-state index is -3.21. The topological polar surface area (TPSA) is 84.7 Å². The first-order chi connectivity index (χ1) is 20.8. The Morgan fingerprint density at radius 3 is 2.21 bits per heavy atom. The largest absolute Gasteiger partial charge is 0.497 e. The fourth-order valence-electron chi connectivity index (χ4n) is 6.42. The molecule has 8 nitrogen and oxygen atoms in total. The highest BCUT2D eigenvalue weighted by Gasteiger charge is 2.34. The second kappa shape index (κ2) is 12.3. The minimum absolute atomic E-state index is 0.0570. The smallest absolute Gasteiger partial charge is 0.257 e. The fraction of sp³-hybridized carbons (Fsp3) is 0.353. The van der Waals surface area contributed by atoms with Crippen molar-refractivity contribution in [1.29, 1.82) is 0 Å². The second-order valence-electron chi connectivity index (χ2n) is 11.7. The Morgan fingerprint density at radius 2 is 1.56 bits per heavy atom. The van der Waals surface area contributed by atoms with Crippen molar-refractivity contribution >= 4 is 15.7 Å². The van der Waals surface area contributed by atoms with Crippen molar-refractivity contribution in [2.24, 2.45) is 0 Å². The Balaban J connectivity index is 1.21. The van der Waals surface area contributed by atoms with E-state index >= 15 is 0 Å². The molecule has 3 heterocycles. The summed E-state index contributed by atoms with van der Waals surface area (Å²) >= 11 is 0. The summed E-state index contributed by atoms with van der Waals surface area (Å²) in [6.45, 7) is 3.96. The van der Waals surface area contributed by atoms with Gasteiger partial charge in [0.25, 0.3) is 5.91 Å². The van der Waals surface area contributed by atoms with Crippen LogP contribution < -0.4 is 4.74 Å². The Labute approximate surface area is 253 Å². The molecule has 1 aromatic heterocycles. The maximum absolute atomic E-state index is 14.0. The van der Waals surface area contributed by atoms with Gasteiger partial charge in [-0.15, -0.1) is 0 Å². The molecule has 0 aliphatic carbocycles. The number of carbonyl (C=O) groups excluding carboxylic acids is 1. The van der Waals surface area contributed by atoms with Gasteiger partial charge in [0.2, 0.25) is 0 Å². The van der Waals surface area contributed by atoms with Crippen molar-refractivity contribution in [2.75, 3.05) is 39.5 Å². The molecule has 43 heavy (non-hydrogen) atoms. The molecule has 9 heteroatoms. The molecule has 6 rings (SSSR count). The summed E-state index contributed by atoms with van der Waals surface area (Å²) in [6, 6.07) is 25.4. The van der Waals surface area contributed by atoms with Crippen molar-refractivity contribution in [3.63, 3.8) is 0 Å². The molecule has 1 atom stereocenters. The number of piperidine rings is 1. The maximum Gasteiger partial charge on any atom is 0.257 e. The van der Waals surface area contributed by atoms with Crippen LogP contribution in [0.3, 0.4) is 0 Å². The molecule has 3 aromatic carbocycles. The van der Waals surface area contributed by atoms with E-state index in [1.807, 2.05) is 52.0 Å². The molecule has 0 radical (unpaired) electrons. The summed E-state index contributed by atoms with van der Waals surface area (Å²) in [4.78, 5) is 18.8. The molecule has 2 saturated heterocycles. The number of sulfone groups is 1. The van der Waals surface area contributed by atoms with Crippen LogP contribution in [0.25, 0.3) is 5.69 Å². The Hall–Kier alpha value is -3.95. The van der Waals surface area contributed by atoms with Crippen molar-refractivity contribution in [3.8, 4) is 11.4 Å². The van der Waals surface area contributed by atoms with Crippen molar-refractivity contribution < 1.29 is 17.9 Å². The van der Waals surface area contributed by atoms with E-state index in [-0.39, 0.29) is 11.8 Å². The van der Waals surface area contributed by atoms with Crippen LogP contribution in [0.4, 0.5) is 0 Å². The number of amides is 1. The average molecular weight is 599 g/mol. The quantitative estimate of drug-likeness (QED) is 0.274. The number of rotatable bonds is 8. The molecule has 0 spiro atoms. The van der Waals surface area contributed by atoms with E-state index in [2.05, 4.69) is 29.2 Å². The zero-order valence-corrected chi connectivity index (χ0v) is 25.5. The molecule has 0 N–H and O–H groups in total. The summed E-state index contributed by atoms with van der Waals surface area (Å²) in [6.07, 6.45) is 5.74. The van der Waals surface area contributed by atoms with Crippen LogP contribution in [0, 0.1) is 0 Å². The lowest BCUT2D eigenvalue weighted by molar-refractivity contribution is 0.0788. The number of likely N-dealkylation sites (tertiary alicyclic amines) is 2. The highest BCUT2D eigenvalue weighted by Crippen LogP contribution is 2.35. The Bertz CT molecular complexity index is 1660. The monoisotopic (exact) mass is 598 g/mol. The summed E-state index contributed by atoms with van der Waals surface area (Å²) < 4.78 is 31.0. The number of ether oxygens (including phenoxy) is 1. The SMILES string of the molecule is COc1ccc(-n2ncc(C(=O)N3CC[C@H](c4ccccc4)C3)c2C2CCN(Cc3ccc(S(C)(=O)=O)cc3)CC2)cc1. The second-order valence-corrected chi connectivity index (χ2v) is 13.7. The molecule has 2 fully saturated rings. The van der Waals surface area contributed by atoms with Crippen LogP contribution in [-0.2, 0) is 16.4 Å². The maximum atomic E-state index is 14.0. The van der Waals surface area contributed by atoms with Crippen LogP contribution in [-0.4, -0.2) is 73.4 Å². The van der Waals surface area contributed by atoms with Gasteiger partial charge in [0, 0.05) is 37.7 Å². The van der Waals surface area contributed by atoms with Gasteiger partial charge in [-0.1, -0.05) is 42.5 Å². The van der Waals surface area contributed by atoms with Gasteiger partial charge in [0.05, 0.1) is 35.1 Å². The first-order valence-corrected chi connectivity index (χ1v) is 16.8. The lowest BCUT2D eigenvalue weighted by Gasteiger charge is -2.33. The van der Waals surface area contributed by atoms with Gasteiger partial charge in [-0.05, 0) is 79.9 Å². The highest BCUT2D eigenvalue weighted by atomic mass is 32.2. The Morgan fingerprint density at radius 1 is 0.884 bits per heavy atom. The van der Waals surface area contributed by atoms with E-state index in [0.717, 1.165) is 68.1 Å². The number of methoxy groups -OCH3 is 1. The van der Waals surface area contributed by atoms with Gasteiger partial charge in [-0.3, -0.25) is 9.69 Å². The summed E-state index contributed by atoms with van der Waals surface area (Å²) in [5, 5.41) is 4.77. The van der Waals surface area contributed by atoms with Crippen LogP contribution >= 0.6 is 0 Å². The van der Waals surface area contributed by atoms with Gasteiger partial charge < -0.3 is 9.64 Å². The van der Waals surface area contributed by atoms with E-state index in [4.69, 9.17) is 9.84 Å². The number of benzene rings is 3. The van der Waals surface area contributed by atoms with Gasteiger partial charge in [0.15, 0.2) is 9.84 Å². The van der Waals surface area contributed by atoms with Gasteiger partial charge in [-0.2, -0.15) is 5.10 Å². The molecule has 2 aliphatic rings. The Kier molecular flexibility index (Phi) is 8.36. The number of carbonyl (C=O) groups is 1. The molecule has 224 valence electrons. The molecule has 1 amide bonds. The first kappa shape index (κ1) is 29.1. The summed E-state index contributed by atoms with van der Waals surface area (Å²) in [5.41, 5.74) is 4.96. The van der Waals surface area contributed by atoms with Gasteiger partial charge in [0.1, 0.15) is 5.75 Å². The highest BCUT2D eigenvalue weighted by molar-refractivity contribution is 7.90. The van der Waals surface area contributed by atoms with Crippen molar-refractivity contribution in [1.82, 2.24) is 19.6 Å².